The summed E-state index contributed by atoms with van der Waals surface area (Å²) in [5.74, 6) is -0.763. The Morgan fingerprint density at radius 2 is 1.81 bits per heavy atom. The number of piperazine rings is 1. The minimum atomic E-state index is -0.763. The maximum atomic E-state index is 12.1. The molecule has 2 rings (SSSR count). The zero-order valence-electron chi connectivity index (χ0n) is 12.7. The van der Waals surface area contributed by atoms with Crippen LogP contribution in [0.15, 0.2) is 0 Å². The van der Waals surface area contributed by atoms with Crippen molar-refractivity contribution in [1.82, 2.24) is 20.4 Å². The summed E-state index contributed by atoms with van der Waals surface area (Å²) in [6.07, 6.45) is 1.04. The molecule has 0 aromatic carbocycles. The lowest BCUT2D eigenvalue weighted by Gasteiger charge is -2.36. The largest absolute Gasteiger partial charge is 0.481 e. The van der Waals surface area contributed by atoms with Crippen LogP contribution in [0.2, 0.25) is 0 Å². The molecule has 0 bridgehead atoms. The smallest absolute Gasteiger partial charge is 0.317 e. The van der Waals surface area contributed by atoms with E-state index in [1.165, 1.54) is 0 Å². The predicted octanol–water partition coefficient (Wildman–Crippen LogP) is -0.212. The Balaban J connectivity index is 1.66. The second-order valence-corrected chi connectivity index (χ2v) is 6.18. The average Bonchev–Trinajstić information content (AvgIpc) is 2.49. The number of piperidine rings is 1. The van der Waals surface area contributed by atoms with Crippen molar-refractivity contribution in [3.8, 4) is 0 Å². The first-order valence-electron chi connectivity index (χ1n) is 7.70. The lowest BCUT2D eigenvalue weighted by atomic mass is 9.80. The minimum Gasteiger partial charge on any atom is -0.481 e. The van der Waals surface area contributed by atoms with E-state index < -0.39 is 11.4 Å². The van der Waals surface area contributed by atoms with Gasteiger partial charge in [0.15, 0.2) is 0 Å². The normalized spacial score (nSPS) is 22.8. The monoisotopic (exact) mass is 298 g/mol. The number of hydrogen-bond donors (Lipinski definition) is 3. The molecule has 0 unspecified atom stereocenters. The van der Waals surface area contributed by atoms with Crippen LogP contribution in [0.1, 0.15) is 19.8 Å². The summed E-state index contributed by atoms with van der Waals surface area (Å²) in [4.78, 5) is 27.3. The van der Waals surface area contributed by atoms with Crippen molar-refractivity contribution < 1.29 is 14.7 Å². The number of rotatable bonds is 4. The highest BCUT2D eigenvalue weighted by molar-refractivity contribution is 5.76. The third-order valence-electron chi connectivity index (χ3n) is 4.58. The van der Waals surface area contributed by atoms with Crippen LogP contribution in [0.25, 0.3) is 0 Å². The Morgan fingerprint density at radius 3 is 2.38 bits per heavy atom. The Kier molecular flexibility index (Phi) is 5.41. The van der Waals surface area contributed by atoms with Gasteiger partial charge in [0.05, 0.1) is 5.41 Å². The topological polar surface area (TPSA) is 84.9 Å². The van der Waals surface area contributed by atoms with Gasteiger partial charge in [-0.15, -0.1) is 0 Å². The maximum absolute atomic E-state index is 12.1. The zero-order valence-corrected chi connectivity index (χ0v) is 12.7. The molecule has 0 atom stereocenters. The fourth-order valence-electron chi connectivity index (χ4n) is 2.78. The van der Waals surface area contributed by atoms with Crippen molar-refractivity contribution in [2.75, 3.05) is 52.4 Å². The van der Waals surface area contributed by atoms with Crippen LogP contribution in [0, 0.1) is 5.41 Å². The highest BCUT2D eigenvalue weighted by Crippen LogP contribution is 2.30. The van der Waals surface area contributed by atoms with E-state index in [-0.39, 0.29) is 6.03 Å². The van der Waals surface area contributed by atoms with Crippen molar-refractivity contribution in [3.05, 3.63) is 0 Å². The summed E-state index contributed by atoms with van der Waals surface area (Å²) < 4.78 is 0. The highest BCUT2D eigenvalue weighted by atomic mass is 16.4. The van der Waals surface area contributed by atoms with Gasteiger partial charge in [-0.3, -0.25) is 9.69 Å². The first kappa shape index (κ1) is 16.0. The number of likely N-dealkylation sites (tertiary alicyclic amines) is 1. The van der Waals surface area contributed by atoms with E-state index in [9.17, 15) is 14.7 Å². The van der Waals surface area contributed by atoms with E-state index in [0.717, 1.165) is 32.7 Å². The Bertz CT molecular complexity index is 374. The van der Waals surface area contributed by atoms with Gasteiger partial charge in [-0.25, -0.2) is 4.79 Å². The summed E-state index contributed by atoms with van der Waals surface area (Å²) in [5, 5.41) is 15.4. The Labute approximate surface area is 125 Å². The molecule has 0 spiro atoms. The molecular weight excluding hydrogens is 272 g/mol. The summed E-state index contributed by atoms with van der Waals surface area (Å²) in [6, 6.07) is -0.0717. The number of aliphatic carboxylic acids is 1. The van der Waals surface area contributed by atoms with Crippen LogP contribution in [0.3, 0.4) is 0 Å². The summed E-state index contributed by atoms with van der Waals surface area (Å²) in [5.41, 5.74) is -0.683. The SMILES string of the molecule is CC1(C(=O)O)CCN(C(=O)NCCN2CCNCC2)CC1. The molecule has 2 saturated heterocycles. The molecule has 3 N–H and O–H groups in total. The number of nitrogens with one attached hydrogen (secondary N) is 2. The molecule has 2 aliphatic heterocycles. The van der Waals surface area contributed by atoms with Crippen LogP contribution in [-0.4, -0.2) is 79.3 Å². The van der Waals surface area contributed by atoms with Crippen molar-refractivity contribution in [2.45, 2.75) is 19.8 Å². The number of carboxylic acid groups (broad SMARTS) is 1. The molecular formula is C14H26N4O3. The Morgan fingerprint density at radius 1 is 1.19 bits per heavy atom. The predicted molar refractivity (Wildman–Crippen MR) is 79.3 cm³/mol. The first-order valence-corrected chi connectivity index (χ1v) is 7.70. The minimum absolute atomic E-state index is 0.0717. The van der Waals surface area contributed by atoms with E-state index >= 15 is 0 Å². The molecule has 2 heterocycles. The summed E-state index contributed by atoms with van der Waals surface area (Å²) in [6.45, 7) is 8.37. The second kappa shape index (κ2) is 7.09. The summed E-state index contributed by atoms with van der Waals surface area (Å²) >= 11 is 0. The van der Waals surface area contributed by atoms with Gasteiger partial charge in [0.1, 0.15) is 0 Å². The van der Waals surface area contributed by atoms with Gasteiger partial charge < -0.3 is 20.6 Å². The van der Waals surface area contributed by atoms with Gasteiger partial charge in [-0.05, 0) is 19.8 Å². The molecule has 2 amide bonds. The number of carboxylic acids is 1. The molecule has 2 aliphatic rings. The fourth-order valence-corrected chi connectivity index (χ4v) is 2.78. The number of nitrogens with zero attached hydrogens (tertiary/aromatic N) is 2. The maximum Gasteiger partial charge on any atom is 0.317 e. The molecule has 0 aliphatic carbocycles. The standard InChI is InChI=1S/C14H26N4O3/c1-14(12(19)20)2-7-18(8-3-14)13(21)16-6-11-17-9-4-15-5-10-17/h15H,2-11H2,1H3,(H,16,21)(H,19,20). The van der Waals surface area contributed by atoms with E-state index in [1.807, 2.05) is 0 Å². The molecule has 21 heavy (non-hydrogen) atoms. The molecule has 0 aromatic rings. The van der Waals surface area contributed by atoms with E-state index in [2.05, 4.69) is 15.5 Å². The van der Waals surface area contributed by atoms with Crippen LogP contribution >= 0.6 is 0 Å². The first-order chi connectivity index (χ1) is 10.0. The number of carbonyl (C=O) groups is 2. The van der Waals surface area contributed by atoms with Crippen LogP contribution in [-0.2, 0) is 4.79 Å². The third-order valence-corrected chi connectivity index (χ3v) is 4.58. The third kappa shape index (κ3) is 4.31. The van der Waals surface area contributed by atoms with Crippen molar-refractivity contribution in [3.63, 3.8) is 0 Å². The molecule has 2 fully saturated rings. The molecule has 120 valence electrons. The number of amides is 2. The van der Waals surface area contributed by atoms with Gasteiger partial charge in [0, 0.05) is 52.4 Å². The lowest BCUT2D eigenvalue weighted by molar-refractivity contribution is -0.150. The van der Waals surface area contributed by atoms with Gasteiger partial charge in [-0.2, -0.15) is 0 Å². The van der Waals surface area contributed by atoms with Crippen molar-refractivity contribution in [1.29, 1.82) is 0 Å². The highest BCUT2D eigenvalue weighted by Gasteiger charge is 2.37. The van der Waals surface area contributed by atoms with Crippen LogP contribution in [0.5, 0.6) is 0 Å². The molecule has 0 aromatic heterocycles. The number of urea groups is 1. The Hall–Kier alpha value is -1.34. The van der Waals surface area contributed by atoms with E-state index in [1.54, 1.807) is 11.8 Å². The van der Waals surface area contributed by atoms with Crippen molar-refractivity contribution in [2.24, 2.45) is 5.41 Å². The van der Waals surface area contributed by atoms with Crippen LogP contribution < -0.4 is 10.6 Å². The van der Waals surface area contributed by atoms with Crippen LogP contribution in [0.4, 0.5) is 4.79 Å². The van der Waals surface area contributed by atoms with E-state index in [0.29, 0.717) is 32.5 Å². The second-order valence-electron chi connectivity index (χ2n) is 6.18. The van der Waals surface area contributed by atoms with E-state index in [4.69, 9.17) is 0 Å². The molecule has 0 radical (unpaired) electrons. The van der Waals surface area contributed by atoms with Gasteiger partial charge >= 0.3 is 12.0 Å². The van der Waals surface area contributed by atoms with Gasteiger partial charge in [0.25, 0.3) is 0 Å². The lowest BCUT2D eigenvalue weighted by Crippen LogP contribution is -2.50. The molecule has 0 saturated carbocycles. The molecule has 7 nitrogen and oxygen atoms in total. The quantitative estimate of drug-likeness (QED) is 0.669. The molecule has 7 heteroatoms. The van der Waals surface area contributed by atoms with Crippen molar-refractivity contribution >= 4 is 12.0 Å². The summed E-state index contributed by atoms with van der Waals surface area (Å²) in [7, 11) is 0. The van der Waals surface area contributed by atoms with Gasteiger partial charge in [0.2, 0.25) is 0 Å². The zero-order chi connectivity index (χ0) is 15.3. The number of hydrogen-bond acceptors (Lipinski definition) is 4. The van der Waals surface area contributed by atoms with Gasteiger partial charge in [-0.1, -0.05) is 0 Å². The number of carbonyl (C=O) groups excluding carboxylic acids is 1. The average molecular weight is 298 g/mol. The fraction of sp³-hybridized carbons (Fsp3) is 0.857.